The summed E-state index contributed by atoms with van der Waals surface area (Å²) in [5, 5.41) is 3.03. The zero-order valence-electron chi connectivity index (χ0n) is 8.29. The topological polar surface area (TPSA) is 86.2 Å². The van der Waals surface area contributed by atoms with Crippen molar-refractivity contribution in [3.63, 3.8) is 0 Å². The second-order valence-electron chi connectivity index (χ2n) is 2.97. The summed E-state index contributed by atoms with van der Waals surface area (Å²) in [5.41, 5.74) is 12.2. The molecule has 0 aliphatic rings. The molecule has 1 heterocycles. The molecule has 1 rings (SSSR count). The molecule has 0 aliphatic carbocycles. The van der Waals surface area contributed by atoms with Crippen molar-refractivity contribution in [2.24, 2.45) is 0 Å². The fourth-order valence-corrected chi connectivity index (χ4v) is 1.02. The normalized spacial score (nSPS) is 10.1. The Bertz CT molecular complexity index is 290. The molecule has 0 amide bonds. The first-order valence-corrected chi connectivity index (χ1v) is 4.52. The summed E-state index contributed by atoms with van der Waals surface area (Å²) in [6, 6.07) is 1.64. The van der Waals surface area contributed by atoms with Crippen LogP contribution in [0.2, 0.25) is 0 Å². The number of nitrogens with zero attached hydrogens (tertiary/aromatic N) is 1. The van der Waals surface area contributed by atoms with Crippen molar-refractivity contribution in [2.75, 3.05) is 31.7 Å². The largest absolute Gasteiger partial charge is 0.476 e. The van der Waals surface area contributed by atoms with Crippen LogP contribution in [-0.4, -0.2) is 25.2 Å². The zero-order valence-corrected chi connectivity index (χ0v) is 8.29. The van der Waals surface area contributed by atoms with E-state index in [9.17, 15) is 0 Å². The number of nitrogens with one attached hydrogen (secondary N) is 1. The number of anilines is 2. The molecule has 0 spiro atoms. The summed E-state index contributed by atoms with van der Waals surface area (Å²) in [6.45, 7) is 1.51. The molecule has 0 unspecified atom stereocenters. The SMILES string of the molecule is CNCCCOc1ncc(N)cc1N. The monoisotopic (exact) mass is 196 g/mol. The summed E-state index contributed by atoms with van der Waals surface area (Å²) < 4.78 is 5.36. The minimum absolute atomic E-state index is 0.454. The van der Waals surface area contributed by atoms with Crippen molar-refractivity contribution in [1.29, 1.82) is 0 Å². The van der Waals surface area contributed by atoms with Crippen LogP contribution >= 0.6 is 0 Å². The number of nitrogen functional groups attached to an aromatic ring is 2. The van der Waals surface area contributed by atoms with E-state index in [1.807, 2.05) is 7.05 Å². The van der Waals surface area contributed by atoms with Gasteiger partial charge in [-0.05, 0) is 26.1 Å². The van der Waals surface area contributed by atoms with Gasteiger partial charge in [-0.3, -0.25) is 0 Å². The standard InChI is InChI=1S/C9H16N4O/c1-12-3-2-4-14-9-8(11)5-7(10)6-13-9/h5-6,12H,2-4,10-11H2,1H3. The van der Waals surface area contributed by atoms with Gasteiger partial charge in [0.05, 0.1) is 24.2 Å². The third kappa shape index (κ3) is 3.10. The van der Waals surface area contributed by atoms with Crippen LogP contribution < -0.4 is 21.5 Å². The Morgan fingerprint density at radius 2 is 2.29 bits per heavy atom. The molecule has 0 saturated heterocycles. The van der Waals surface area contributed by atoms with E-state index in [2.05, 4.69) is 10.3 Å². The van der Waals surface area contributed by atoms with Gasteiger partial charge in [-0.2, -0.15) is 0 Å². The average Bonchev–Trinajstić information content (AvgIpc) is 2.15. The lowest BCUT2D eigenvalue weighted by Gasteiger charge is -2.07. The number of pyridine rings is 1. The summed E-state index contributed by atoms with van der Waals surface area (Å²) >= 11 is 0. The molecular weight excluding hydrogens is 180 g/mol. The van der Waals surface area contributed by atoms with Crippen LogP contribution in [0.25, 0.3) is 0 Å². The molecule has 5 nitrogen and oxygen atoms in total. The van der Waals surface area contributed by atoms with Crippen LogP contribution in [-0.2, 0) is 0 Å². The molecule has 0 radical (unpaired) electrons. The number of hydrogen-bond donors (Lipinski definition) is 3. The predicted octanol–water partition coefficient (Wildman–Crippen LogP) is 0.234. The molecule has 5 heteroatoms. The van der Waals surface area contributed by atoms with Crippen molar-refractivity contribution in [3.05, 3.63) is 12.3 Å². The van der Waals surface area contributed by atoms with E-state index in [4.69, 9.17) is 16.2 Å². The maximum atomic E-state index is 5.65. The first-order valence-electron chi connectivity index (χ1n) is 4.52. The molecule has 0 bridgehead atoms. The summed E-state index contributed by atoms with van der Waals surface area (Å²) in [7, 11) is 1.90. The van der Waals surface area contributed by atoms with E-state index in [-0.39, 0.29) is 0 Å². The smallest absolute Gasteiger partial charge is 0.237 e. The summed E-state index contributed by atoms with van der Waals surface area (Å²) in [4.78, 5) is 3.98. The lowest BCUT2D eigenvalue weighted by atomic mass is 10.4. The van der Waals surface area contributed by atoms with Gasteiger partial charge in [-0.1, -0.05) is 0 Å². The van der Waals surface area contributed by atoms with E-state index >= 15 is 0 Å². The molecule has 78 valence electrons. The van der Waals surface area contributed by atoms with E-state index in [0.29, 0.717) is 23.9 Å². The molecule has 0 aromatic carbocycles. The van der Waals surface area contributed by atoms with Crippen molar-refractivity contribution in [3.8, 4) is 5.88 Å². The predicted molar refractivity (Wildman–Crippen MR) is 57.1 cm³/mol. The van der Waals surface area contributed by atoms with Crippen molar-refractivity contribution in [2.45, 2.75) is 6.42 Å². The third-order valence-corrected chi connectivity index (χ3v) is 1.71. The van der Waals surface area contributed by atoms with Crippen LogP contribution in [0, 0.1) is 0 Å². The highest BCUT2D eigenvalue weighted by Crippen LogP contribution is 2.19. The molecule has 0 saturated carbocycles. The summed E-state index contributed by atoms with van der Waals surface area (Å²) in [5.74, 6) is 0.454. The van der Waals surface area contributed by atoms with E-state index < -0.39 is 0 Å². The minimum atomic E-state index is 0.454. The van der Waals surface area contributed by atoms with Crippen molar-refractivity contribution < 1.29 is 4.74 Å². The molecule has 0 atom stereocenters. The Labute approximate surface area is 83.5 Å². The van der Waals surface area contributed by atoms with Crippen molar-refractivity contribution >= 4 is 11.4 Å². The van der Waals surface area contributed by atoms with E-state index in [1.165, 1.54) is 6.20 Å². The Hall–Kier alpha value is -1.49. The highest BCUT2D eigenvalue weighted by molar-refractivity contribution is 5.55. The van der Waals surface area contributed by atoms with Gasteiger partial charge < -0.3 is 21.5 Å². The lowest BCUT2D eigenvalue weighted by Crippen LogP contribution is -2.12. The maximum Gasteiger partial charge on any atom is 0.237 e. The maximum absolute atomic E-state index is 5.65. The number of rotatable bonds is 5. The van der Waals surface area contributed by atoms with Gasteiger partial charge in [-0.15, -0.1) is 0 Å². The quantitative estimate of drug-likeness (QED) is 0.587. The van der Waals surface area contributed by atoms with Crippen LogP contribution in [0.3, 0.4) is 0 Å². The second kappa shape index (κ2) is 5.29. The Morgan fingerprint density at radius 1 is 1.50 bits per heavy atom. The van der Waals surface area contributed by atoms with Gasteiger partial charge in [0.1, 0.15) is 0 Å². The van der Waals surface area contributed by atoms with E-state index in [0.717, 1.165) is 13.0 Å². The molecule has 14 heavy (non-hydrogen) atoms. The fourth-order valence-electron chi connectivity index (χ4n) is 1.02. The lowest BCUT2D eigenvalue weighted by molar-refractivity contribution is 0.300. The third-order valence-electron chi connectivity index (χ3n) is 1.71. The molecule has 0 fully saturated rings. The van der Waals surface area contributed by atoms with Gasteiger partial charge in [0.25, 0.3) is 0 Å². The minimum Gasteiger partial charge on any atom is -0.476 e. The highest BCUT2D eigenvalue weighted by Gasteiger charge is 2.01. The zero-order chi connectivity index (χ0) is 10.4. The van der Waals surface area contributed by atoms with Gasteiger partial charge >= 0.3 is 0 Å². The first-order chi connectivity index (χ1) is 6.74. The molecule has 1 aromatic heterocycles. The average molecular weight is 196 g/mol. The van der Waals surface area contributed by atoms with Crippen LogP contribution in [0.1, 0.15) is 6.42 Å². The van der Waals surface area contributed by atoms with E-state index in [1.54, 1.807) is 6.07 Å². The van der Waals surface area contributed by atoms with Crippen LogP contribution in [0.5, 0.6) is 5.88 Å². The molecule has 0 aliphatic heterocycles. The van der Waals surface area contributed by atoms with Gasteiger partial charge in [0, 0.05) is 0 Å². The number of ether oxygens (including phenoxy) is 1. The van der Waals surface area contributed by atoms with Gasteiger partial charge in [0.15, 0.2) is 0 Å². The Balaban J connectivity index is 2.42. The van der Waals surface area contributed by atoms with Crippen LogP contribution in [0.15, 0.2) is 12.3 Å². The Kier molecular flexibility index (Phi) is 4.00. The van der Waals surface area contributed by atoms with Crippen molar-refractivity contribution in [1.82, 2.24) is 10.3 Å². The molecule has 1 aromatic rings. The molecular formula is C9H16N4O. The molecule has 5 N–H and O–H groups in total. The number of nitrogens with two attached hydrogens (primary N) is 2. The summed E-state index contributed by atoms with van der Waals surface area (Å²) in [6.07, 6.45) is 2.45. The second-order valence-corrected chi connectivity index (χ2v) is 2.97. The Morgan fingerprint density at radius 3 is 2.93 bits per heavy atom. The number of hydrogen-bond acceptors (Lipinski definition) is 5. The highest BCUT2D eigenvalue weighted by atomic mass is 16.5. The fraction of sp³-hybridized carbons (Fsp3) is 0.444. The number of aromatic nitrogens is 1. The van der Waals surface area contributed by atoms with Gasteiger partial charge in [0.2, 0.25) is 5.88 Å². The first kappa shape index (κ1) is 10.6. The van der Waals surface area contributed by atoms with Crippen LogP contribution in [0.4, 0.5) is 11.4 Å². The van der Waals surface area contributed by atoms with Gasteiger partial charge in [-0.25, -0.2) is 4.98 Å².